The molecule has 1 N–H and O–H groups in total. The molecule has 6 nitrogen and oxygen atoms in total. The molecule has 1 aromatic carbocycles. The Morgan fingerprint density at radius 2 is 2.00 bits per heavy atom. The highest BCUT2D eigenvalue weighted by Crippen LogP contribution is 2.25. The van der Waals surface area contributed by atoms with Crippen LogP contribution in [0.3, 0.4) is 0 Å². The van der Waals surface area contributed by atoms with E-state index in [0.717, 1.165) is 5.56 Å². The largest absolute Gasteiger partial charge is 0.480 e. The summed E-state index contributed by atoms with van der Waals surface area (Å²) in [6.45, 7) is 1.85. The molecule has 0 aliphatic heterocycles. The monoisotopic (exact) mass is 314 g/mol. The summed E-state index contributed by atoms with van der Waals surface area (Å²) in [5, 5.41) is 22.0. The van der Waals surface area contributed by atoms with E-state index < -0.39 is 11.2 Å². The second-order valence-corrected chi connectivity index (χ2v) is 5.91. The molecule has 1 unspecified atom stereocenters. The third kappa shape index (κ3) is 2.80. The lowest BCUT2D eigenvalue weighted by molar-refractivity contribution is -0.136. The lowest BCUT2D eigenvalue weighted by Crippen LogP contribution is -2.15. The van der Waals surface area contributed by atoms with Crippen LogP contribution in [-0.2, 0) is 4.79 Å². The molecule has 22 heavy (non-hydrogen) atoms. The second kappa shape index (κ2) is 6.15. The van der Waals surface area contributed by atoms with Crippen molar-refractivity contribution >= 4 is 23.4 Å². The van der Waals surface area contributed by atoms with Crippen LogP contribution in [0.4, 0.5) is 0 Å². The van der Waals surface area contributed by atoms with E-state index in [1.54, 1.807) is 16.6 Å². The third-order valence-electron chi connectivity index (χ3n) is 3.18. The third-order valence-corrected chi connectivity index (χ3v) is 4.46. The molecule has 0 bridgehead atoms. The number of carboxylic acid groups (broad SMARTS) is 1. The Balaban J connectivity index is 2.00. The molecule has 2 heterocycles. The first-order chi connectivity index (χ1) is 10.7. The minimum atomic E-state index is -0.832. The molecule has 0 saturated heterocycles. The van der Waals surface area contributed by atoms with E-state index in [1.165, 1.54) is 11.8 Å². The molecule has 7 heteroatoms. The van der Waals surface area contributed by atoms with Gasteiger partial charge in [0.15, 0.2) is 11.5 Å². The van der Waals surface area contributed by atoms with E-state index in [2.05, 4.69) is 15.3 Å². The van der Waals surface area contributed by atoms with Crippen molar-refractivity contribution in [1.82, 2.24) is 19.8 Å². The summed E-state index contributed by atoms with van der Waals surface area (Å²) in [6.07, 6.45) is 0.535. The van der Waals surface area contributed by atoms with Crippen molar-refractivity contribution in [3.05, 3.63) is 42.5 Å². The molecule has 3 rings (SSSR count). The molecule has 1 atom stereocenters. The second-order valence-electron chi connectivity index (χ2n) is 4.68. The lowest BCUT2D eigenvalue weighted by Gasteiger charge is -2.08. The van der Waals surface area contributed by atoms with E-state index in [-0.39, 0.29) is 0 Å². The van der Waals surface area contributed by atoms with Crippen molar-refractivity contribution in [2.45, 2.75) is 23.6 Å². The summed E-state index contributed by atoms with van der Waals surface area (Å²) in [5.41, 5.74) is 1.54. The SMILES string of the molecule is CCC(Sc1ccc2nnc(-c3ccccc3)n2n1)C(=O)O. The van der Waals surface area contributed by atoms with Crippen LogP contribution < -0.4 is 0 Å². The van der Waals surface area contributed by atoms with Gasteiger partial charge in [0.2, 0.25) is 0 Å². The van der Waals surface area contributed by atoms with Gasteiger partial charge in [-0.25, -0.2) is 0 Å². The van der Waals surface area contributed by atoms with Gasteiger partial charge < -0.3 is 5.11 Å². The van der Waals surface area contributed by atoms with E-state index in [0.29, 0.717) is 22.9 Å². The van der Waals surface area contributed by atoms with E-state index in [1.807, 2.05) is 37.3 Å². The number of aliphatic carboxylic acids is 1. The van der Waals surface area contributed by atoms with Crippen LogP contribution >= 0.6 is 11.8 Å². The number of aromatic nitrogens is 4. The zero-order chi connectivity index (χ0) is 15.5. The lowest BCUT2D eigenvalue weighted by atomic mass is 10.2. The quantitative estimate of drug-likeness (QED) is 0.729. The van der Waals surface area contributed by atoms with Crippen LogP contribution in [0, 0.1) is 0 Å². The van der Waals surface area contributed by atoms with Gasteiger partial charge in [-0.3, -0.25) is 4.79 Å². The van der Waals surface area contributed by atoms with Crippen LogP contribution in [0.2, 0.25) is 0 Å². The smallest absolute Gasteiger partial charge is 0.317 e. The molecule has 2 aromatic heterocycles. The highest BCUT2D eigenvalue weighted by atomic mass is 32.2. The first-order valence-electron chi connectivity index (χ1n) is 6.86. The van der Waals surface area contributed by atoms with Gasteiger partial charge in [-0.2, -0.15) is 9.61 Å². The molecular formula is C15H14N4O2S. The number of nitrogens with zero attached hydrogens (tertiary/aromatic N) is 4. The molecule has 0 saturated carbocycles. The van der Waals surface area contributed by atoms with Crippen molar-refractivity contribution in [2.75, 3.05) is 0 Å². The summed E-state index contributed by atoms with van der Waals surface area (Å²) >= 11 is 1.23. The maximum absolute atomic E-state index is 11.2. The molecule has 0 radical (unpaired) electrons. The van der Waals surface area contributed by atoms with E-state index >= 15 is 0 Å². The van der Waals surface area contributed by atoms with E-state index in [9.17, 15) is 4.79 Å². The number of rotatable bonds is 5. The first-order valence-corrected chi connectivity index (χ1v) is 7.74. The number of benzene rings is 1. The number of carboxylic acids is 1. The number of thioether (sulfide) groups is 1. The van der Waals surface area contributed by atoms with Crippen LogP contribution in [0.5, 0.6) is 0 Å². The fourth-order valence-electron chi connectivity index (χ4n) is 2.06. The summed E-state index contributed by atoms with van der Waals surface area (Å²) in [7, 11) is 0. The topological polar surface area (TPSA) is 80.4 Å². The van der Waals surface area contributed by atoms with Gasteiger partial charge in [-0.1, -0.05) is 49.0 Å². The summed E-state index contributed by atoms with van der Waals surface area (Å²) in [6, 6.07) is 13.2. The van der Waals surface area contributed by atoms with Gasteiger partial charge in [-0.15, -0.1) is 10.2 Å². The molecular weight excluding hydrogens is 300 g/mol. The molecule has 112 valence electrons. The van der Waals surface area contributed by atoms with Gasteiger partial charge in [0.25, 0.3) is 0 Å². The summed E-state index contributed by atoms with van der Waals surface area (Å²) < 4.78 is 1.65. The van der Waals surface area contributed by atoms with Crippen molar-refractivity contribution in [3.8, 4) is 11.4 Å². The number of hydrogen-bond acceptors (Lipinski definition) is 5. The molecule has 0 spiro atoms. The van der Waals surface area contributed by atoms with Gasteiger partial charge >= 0.3 is 5.97 Å². The van der Waals surface area contributed by atoms with E-state index in [4.69, 9.17) is 5.11 Å². The van der Waals surface area contributed by atoms with Crippen LogP contribution in [0.1, 0.15) is 13.3 Å². The van der Waals surface area contributed by atoms with Gasteiger partial charge in [0, 0.05) is 5.56 Å². The van der Waals surface area contributed by atoms with Crippen molar-refractivity contribution in [2.24, 2.45) is 0 Å². The fourth-order valence-corrected chi connectivity index (χ4v) is 2.89. The average Bonchev–Trinajstić information content (AvgIpc) is 2.96. The average molecular weight is 314 g/mol. The Hall–Kier alpha value is -2.41. The Morgan fingerprint density at radius 3 is 2.68 bits per heavy atom. The number of carbonyl (C=O) groups is 1. The highest BCUT2D eigenvalue weighted by molar-refractivity contribution is 8.00. The molecule has 0 aliphatic carbocycles. The standard InChI is InChI=1S/C15H14N4O2S/c1-2-11(15(20)21)22-13-9-8-12-16-17-14(19(12)18-13)10-6-4-3-5-7-10/h3-9,11H,2H2,1H3,(H,20,21). The fraction of sp³-hybridized carbons (Fsp3) is 0.200. The summed E-state index contributed by atoms with van der Waals surface area (Å²) in [4.78, 5) is 11.2. The molecule has 0 amide bonds. The van der Waals surface area contributed by atoms with Crippen molar-refractivity contribution < 1.29 is 9.90 Å². The zero-order valence-corrected chi connectivity index (χ0v) is 12.7. The van der Waals surface area contributed by atoms with Gasteiger partial charge in [-0.05, 0) is 18.6 Å². The highest BCUT2D eigenvalue weighted by Gasteiger charge is 2.18. The van der Waals surface area contributed by atoms with Crippen LogP contribution in [0.25, 0.3) is 17.0 Å². The Bertz CT molecular complexity index is 804. The Labute approximate surface area is 131 Å². The Kier molecular flexibility index (Phi) is 4.06. The normalized spacial score (nSPS) is 12.4. The minimum absolute atomic E-state index is 0.512. The molecule has 0 fully saturated rings. The predicted molar refractivity (Wildman–Crippen MR) is 83.8 cm³/mol. The van der Waals surface area contributed by atoms with Gasteiger partial charge in [0.1, 0.15) is 10.3 Å². The minimum Gasteiger partial charge on any atom is -0.480 e. The summed E-state index contributed by atoms with van der Waals surface area (Å²) in [5.74, 6) is -0.192. The van der Waals surface area contributed by atoms with Crippen LogP contribution in [-0.4, -0.2) is 36.1 Å². The maximum Gasteiger partial charge on any atom is 0.317 e. The van der Waals surface area contributed by atoms with Gasteiger partial charge in [0.05, 0.1) is 0 Å². The van der Waals surface area contributed by atoms with Crippen LogP contribution in [0.15, 0.2) is 47.5 Å². The molecule has 3 aromatic rings. The number of hydrogen-bond donors (Lipinski definition) is 1. The predicted octanol–water partition coefficient (Wildman–Crippen LogP) is 2.75. The zero-order valence-electron chi connectivity index (χ0n) is 11.9. The Morgan fingerprint density at radius 1 is 1.23 bits per heavy atom. The number of fused-ring (bicyclic) bond motifs is 1. The van der Waals surface area contributed by atoms with Crippen molar-refractivity contribution in [1.29, 1.82) is 0 Å². The maximum atomic E-state index is 11.2. The van der Waals surface area contributed by atoms with Crippen molar-refractivity contribution in [3.63, 3.8) is 0 Å². The molecule has 0 aliphatic rings. The first kappa shape index (κ1) is 14.5.